The molecule has 0 aromatic carbocycles. The molecule has 0 radical (unpaired) electrons. The average Bonchev–Trinajstić information content (AvgIpc) is 2.65. The molecule has 0 aliphatic carbocycles. The van der Waals surface area contributed by atoms with Gasteiger partial charge in [0.05, 0.1) is 16.8 Å². The Kier molecular flexibility index (Phi) is 4.70. The predicted molar refractivity (Wildman–Crippen MR) is 90.7 cm³/mol. The van der Waals surface area contributed by atoms with Crippen molar-refractivity contribution in [2.45, 2.75) is 38.9 Å². The lowest BCUT2D eigenvalue weighted by Gasteiger charge is -2.32. The molecule has 1 aliphatic rings. The zero-order valence-corrected chi connectivity index (χ0v) is 14.2. The molecular formula is C15H21BN2O3S. The van der Waals surface area contributed by atoms with Gasteiger partial charge in [-0.2, -0.15) is 12.6 Å². The second-order valence-corrected chi connectivity index (χ2v) is 6.65. The van der Waals surface area contributed by atoms with Gasteiger partial charge in [0, 0.05) is 18.1 Å². The summed E-state index contributed by atoms with van der Waals surface area (Å²) in [6.45, 7) is 7.99. The number of primary amides is 1. The molecule has 0 bridgehead atoms. The molecule has 2 N–H and O–H groups in total. The average molecular weight is 320 g/mol. The lowest BCUT2D eigenvalue weighted by molar-refractivity contribution is 0.00578. The van der Waals surface area contributed by atoms with Gasteiger partial charge in [-0.3, -0.25) is 9.78 Å². The molecule has 0 saturated carbocycles. The van der Waals surface area contributed by atoms with E-state index in [-0.39, 0.29) is 0 Å². The maximum absolute atomic E-state index is 11.2. The van der Waals surface area contributed by atoms with Crippen LogP contribution in [0.4, 0.5) is 0 Å². The topological polar surface area (TPSA) is 74.4 Å². The van der Waals surface area contributed by atoms with Crippen LogP contribution in [0.5, 0.6) is 0 Å². The highest BCUT2D eigenvalue weighted by Crippen LogP contribution is 2.38. The van der Waals surface area contributed by atoms with Crippen LogP contribution in [0.1, 0.15) is 43.6 Å². The van der Waals surface area contributed by atoms with Crippen molar-refractivity contribution in [2.24, 2.45) is 5.73 Å². The zero-order valence-electron chi connectivity index (χ0n) is 13.3. The molecule has 1 saturated heterocycles. The van der Waals surface area contributed by atoms with Gasteiger partial charge in [0.25, 0.3) is 0 Å². The van der Waals surface area contributed by atoms with Crippen LogP contribution in [0.15, 0.2) is 23.9 Å². The Morgan fingerprint density at radius 2 is 1.91 bits per heavy atom. The normalized spacial score (nSPS) is 20.2. The molecule has 0 spiro atoms. The van der Waals surface area contributed by atoms with Gasteiger partial charge in [0.15, 0.2) is 0 Å². The summed E-state index contributed by atoms with van der Waals surface area (Å²) in [4.78, 5) is 15.3. The number of thiol groups is 1. The third-order valence-electron chi connectivity index (χ3n) is 4.13. The van der Waals surface area contributed by atoms with Gasteiger partial charge in [-0.1, -0.05) is 6.08 Å². The van der Waals surface area contributed by atoms with E-state index in [1.54, 1.807) is 12.3 Å². The summed E-state index contributed by atoms with van der Waals surface area (Å²) in [5.41, 5.74) is 6.44. The number of carbonyl (C=O) groups excluding carboxylic acids is 1. The molecule has 2 rings (SSSR count). The van der Waals surface area contributed by atoms with Crippen LogP contribution in [-0.2, 0) is 9.31 Å². The Hall–Kier alpha value is -1.31. The number of aromatic nitrogens is 1. The van der Waals surface area contributed by atoms with Gasteiger partial charge >= 0.3 is 7.12 Å². The van der Waals surface area contributed by atoms with E-state index in [9.17, 15) is 4.79 Å². The Bertz CT molecular complexity index is 601. The van der Waals surface area contributed by atoms with E-state index >= 15 is 0 Å². The smallest absolute Gasteiger partial charge is 0.400 e. The fourth-order valence-corrected chi connectivity index (χ4v) is 2.31. The van der Waals surface area contributed by atoms with E-state index in [1.807, 2.05) is 33.8 Å². The summed E-state index contributed by atoms with van der Waals surface area (Å²) in [5.74, 6) is -0.0386. The number of nitrogens with two attached hydrogens (primary N) is 1. The SMILES string of the molecule is CC1(C)OB(C(=Cc2cncc(C(N)=O)c2)CS)OC1(C)C. The molecule has 1 aromatic rings. The van der Waals surface area contributed by atoms with Crippen LogP contribution < -0.4 is 5.73 Å². The fraction of sp³-hybridized carbons (Fsp3) is 0.467. The van der Waals surface area contributed by atoms with Gasteiger partial charge in [-0.05, 0) is 44.8 Å². The van der Waals surface area contributed by atoms with Gasteiger partial charge in [-0.15, -0.1) is 0 Å². The molecule has 0 unspecified atom stereocenters. The van der Waals surface area contributed by atoms with E-state index in [2.05, 4.69) is 17.6 Å². The summed E-state index contributed by atoms with van der Waals surface area (Å²) >= 11 is 4.36. The minimum absolute atomic E-state index is 0.362. The van der Waals surface area contributed by atoms with Crippen molar-refractivity contribution in [2.75, 3.05) is 5.75 Å². The quantitative estimate of drug-likeness (QED) is 0.658. The number of amides is 1. The van der Waals surface area contributed by atoms with E-state index in [4.69, 9.17) is 15.0 Å². The van der Waals surface area contributed by atoms with Crippen LogP contribution >= 0.6 is 12.6 Å². The molecule has 7 heteroatoms. The van der Waals surface area contributed by atoms with Crippen molar-refractivity contribution in [3.8, 4) is 0 Å². The molecule has 2 heterocycles. The summed E-state index contributed by atoms with van der Waals surface area (Å²) in [7, 11) is -0.472. The minimum atomic E-state index is -0.509. The lowest BCUT2D eigenvalue weighted by atomic mass is 9.78. The monoisotopic (exact) mass is 320 g/mol. The summed E-state index contributed by atoms with van der Waals surface area (Å²) in [6, 6.07) is 1.68. The van der Waals surface area contributed by atoms with Gasteiger partial charge < -0.3 is 15.0 Å². The number of carbonyl (C=O) groups is 1. The second kappa shape index (κ2) is 6.06. The molecule has 118 valence electrons. The van der Waals surface area contributed by atoms with Crippen molar-refractivity contribution in [1.82, 2.24) is 4.98 Å². The largest absolute Gasteiger partial charge is 0.491 e. The predicted octanol–water partition coefficient (Wildman–Crippen LogP) is 2.13. The van der Waals surface area contributed by atoms with Crippen molar-refractivity contribution in [1.29, 1.82) is 0 Å². The van der Waals surface area contributed by atoms with Crippen molar-refractivity contribution in [3.05, 3.63) is 35.1 Å². The number of pyridine rings is 1. The van der Waals surface area contributed by atoms with Crippen LogP contribution in [0.3, 0.4) is 0 Å². The van der Waals surface area contributed by atoms with Crippen molar-refractivity contribution < 1.29 is 14.1 Å². The number of hydrogen-bond donors (Lipinski definition) is 2. The van der Waals surface area contributed by atoms with Crippen molar-refractivity contribution >= 4 is 31.7 Å². The highest BCUT2D eigenvalue weighted by Gasteiger charge is 2.52. The van der Waals surface area contributed by atoms with Gasteiger partial charge in [0.1, 0.15) is 0 Å². The van der Waals surface area contributed by atoms with Crippen LogP contribution in [0, 0.1) is 0 Å². The molecule has 1 aliphatic heterocycles. The number of hydrogen-bond acceptors (Lipinski definition) is 5. The fourth-order valence-electron chi connectivity index (χ4n) is 2.07. The Morgan fingerprint density at radius 3 is 2.41 bits per heavy atom. The maximum Gasteiger partial charge on any atom is 0.491 e. The van der Waals surface area contributed by atoms with E-state index in [0.29, 0.717) is 11.3 Å². The summed E-state index contributed by atoms with van der Waals surface area (Å²) in [5, 5.41) is 0. The van der Waals surface area contributed by atoms with Gasteiger partial charge in [-0.25, -0.2) is 0 Å². The number of rotatable bonds is 4. The third kappa shape index (κ3) is 3.37. The van der Waals surface area contributed by atoms with Crippen LogP contribution in [0.25, 0.3) is 6.08 Å². The Labute approximate surface area is 136 Å². The van der Waals surface area contributed by atoms with E-state index in [0.717, 1.165) is 11.0 Å². The highest BCUT2D eigenvalue weighted by atomic mass is 32.1. The van der Waals surface area contributed by atoms with E-state index < -0.39 is 24.2 Å². The zero-order chi connectivity index (χ0) is 16.5. The molecular weight excluding hydrogens is 299 g/mol. The number of nitrogens with zero attached hydrogens (tertiary/aromatic N) is 1. The van der Waals surface area contributed by atoms with E-state index in [1.165, 1.54) is 6.20 Å². The molecule has 5 nitrogen and oxygen atoms in total. The summed E-state index contributed by atoms with van der Waals surface area (Å²) < 4.78 is 12.0. The molecule has 1 amide bonds. The summed E-state index contributed by atoms with van der Waals surface area (Å²) in [6.07, 6.45) is 4.96. The highest BCUT2D eigenvalue weighted by molar-refractivity contribution is 7.80. The first kappa shape index (κ1) is 17.1. The molecule has 22 heavy (non-hydrogen) atoms. The minimum Gasteiger partial charge on any atom is -0.400 e. The van der Waals surface area contributed by atoms with Gasteiger partial charge in [0.2, 0.25) is 5.91 Å². The molecule has 1 aromatic heterocycles. The van der Waals surface area contributed by atoms with Crippen LogP contribution in [-0.4, -0.2) is 35.0 Å². The Morgan fingerprint density at radius 1 is 1.32 bits per heavy atom. The first-order chi connectivity index (χ1) is 10.2. The first-order valence-electron chi connectivity index (χ1n) is 7.08. The van der Waals surface area contributed by atoms with Crippen LogP contribution in [0.2, 0.25) is 0 Å². The second-order valence-electron chi connectivity index (χ2n) is 6.34. The molecule has 0 atom stereocenters. The molecule has 1 fully saturated rings. The third-order valence-corrected chi connectivity index (χ3v) is 4.50. The Balaban J connectivity index is 2.29. The first-order valence-corrected chi connectivity index (χ1v) is 7.71. The van der Waals surface area contributed by atoms with Crippen molar-refractivity contribution in [3.63, 3.8) is 0 Å². The maximum atomic E-state index is 11.2. The lowest BCUT2D eigenvalue weighted by Crippen LogP contribution is -2.41. The standard InChI is InChI=1S/C15H21BN2O3S/c1-14(2)15(3,4)21-16(20-14)12(9-22)6-10-5-11(13(17)19)8-18-7-10/h5-8,22H,9H2,1-4H3,(H2,17,19).